The molecule has 1 amide bonds. The maximum Gasteiger partial charge on any atom is 0.235 e. The predicted octanol–water partition coefficient (Wildman–Crippen LogP) is 1.40. The number of benzene rings is 1. The van der Waals surface area contributed by atoms with Crippen LogP contribution in [-0.4, -0.2) is 39.2 Å². The molecule has 1 fully saturated rings. The van der Waals surface area contributed by atoms with Crippen LogP contribution in [0.15, 0.2) is 29.2 Å². The topological polar surface area (TPSA) is 75.3 Å². The van der Waals surface area contributed by atoms with Crippen molar-refractivity contribution in [3.05, 3.63) is 29.3 Å². The Kier molecular flexibility index (Phi) is 6.93. The average molecular weight is 353 g/mol. The number of hydrogen-bond donors (Lipinski definition) is 2. The molecule has 0 aromatic heterocycles. The molecule has 1 heterocycles. The minimum atomic E-state index is -3.61. The van der Waals surface area contributed by atoms with Crippen molar-refractivity contribution < 1.29 is 13.2 Å². The fourth-order valence-corrected chi connectivity index (χ4v) is 3.41. The molecule has 8 heteroatoms. The molecule has 1 aromatic rings. The van der Waals surface area contributed by atoms with Crippen molar-refractivity contribution in [1.29, 1.82) is 0 Å². The van der Waals surface area contributed by atoms with Crippen molar-refractivity contribution in [2.75, 3.05) is 18.8 Å². The van der Waals surface area contributed by atoms with E-state index in [4.69, 9.17) is 11.6 Å². The van der Waals surface area contributed by atoms with Crippen LogP contribution in [0.4, 0.5) is 0 Å². The zero-order valence-corrected chi connectivity index (χ0v) is 13.7. The normalized spacial score (nSPS) is 18.0. The van der Waals surface area contributed by atoms with Crippen molar-refractivity contribution in [1.82, 2.24) is 10.6 Å². The third-order valence-electron chi connectivity index (χ3n) is 3.20. The van der Waals surface area contributed by atoms with E-state index >= 15 is 0 Å². The minimum Gasteiger partial charge on any atom is -0.354 e. The molecular weight excluding hydrogens is 335 g/mol. The fraction of sp³-hybridized carbons (Fsp3) is 0.462. The molecule has 0 aliphatic carbocycles. The van der Waals surface area contributed by atoms with E-state index < -0.39 is 21.5 Å². The summed E-state index contributed by atoms with van der Waals surface area (Å²) in [7, 11) is -3.61. The van der Waals surface area contributed by atoms with Gasteiger partial charge in [-0.1, -0.05) is 11.6 Å². The van der Waals surface area contributed by atoms with E-state index in [1.807, 2.05) is 0 Å². The Hall–Kier alpha value is -0.820. The summed E-state index contributed by atoms with van der Waals surface area (Å²) < 4.78 is 24.1. The van der Waals surface area contributed by atoms with E-state index in [0.717, 1.165) is 19.4 Å². The number of nitrogens with one attached hydrogen (secondary N) is 2. The molecule has 0 saturated carbocycles. The first kappa shape index (κ1) is 18.2. The number of rotatable bonds is 5. The van der Waals surface area contributed by atoms with Gasteiger partial charge in [-0.05, 0) is 43.7 Å². The zero-order valence-electron chi connectivity index (χ0n) is 11.3. The maximum absolute atomic E-state index is 12.0. The quantitative estimate of drug-likeness (QED) is 0.839. The number of amides is 1. The van der Waals surface area contributed by atoms with Crippen LogP contribution in [0, 0.1) is 0 Å². The van der Waals surface area contributed by atoms with Gasteiger partial charge in [-0.3, -0.25) is 4.79 Å². The maximum atomic E-state index is 12.0. The standard InChI is InChI=1S/C13H17ClN2O3S.ClH/c14-10-3-5-12(6-4-10)20(18,19)9-13(17)16-8-11-2-1-7-15-11;/h3-6,11,15H,1-2,7-9H2,(H,16,17);1H. The third kappa shape index (κ3) is 5.47. The van der Waals surface area contributed by atoms with Crippen LogP contribution in [0.5, 0.6) is 0 Å². The highest BCUT2D eigenvalue weighted by molar-refractivity contribution is 7.92. The summed E-state index contributed by atoms with van der Waals surface area (Å²) in [5, 5.41) is 6.35. The van der Waals surface area contributed by atoms with Crippen LogP contribution in [0.3, 0.4) is 0 Å². The van der Waals surface area contributed by atoms with Gasteiger partial charge < -0.3 is 10.6 Å². The molecule has 5 nitrogen and oxygen atoms in total. The Balaban J connectivity index is 0.00000220. The second-order valence-electron chi connectivity index (χ2n) is 4.81. The van der Waals surface area contributed by atoms with Gasteiger partial charge in [0.1, 0.15) is 5.75 Å². The van der Waals surface area contributed by atoms with E-state index in [9.17, 15) is 13.2 Å². The number of hydrogen-bond acceptors (Lipinski definition) is 4. The summed E-state index contributed by atoms with van der Waals surface area (Å²) in [6, 6.07) is 6.05. The molecule has 2 rings (SSSR count). The van der Waals surface area contributed by atoms with E-state index in [-0.39, 0.29) is 23.3 Å². The lowest BCUT2D eigenvalue weighted by Gasteiger charge is -2.11. The van der Waals surface area contributed by atoms with Gasteiger partial charge in [-0.2, -0.15) is 0 Å². The number of halogens is 2. The number of sulfone groups is 1. The Labute approximate surface area is 135 Å². The smallest absolute Gasteiger partial charge is 0.235 e. The summed E-state index contributed by atoms with van der Waals surface area (Å²) in [5.74, 6) is -1.02. The van der Waals surface area contributed by atoms with Gasteiger partial charge >= 0.3 is 0 Å². The summed E-state index contributed by atoms with van der Waals surface area (Å²) in [5.41, 5.74) is 0. The van der Waals surface area contributed by atoms with E-state index in [2.05, 4.69) is 10.6 Å². The monoisotopic (exact) mass is 352 g/mol. The summed E-state index contributed by atoms with van der Waals surface area (Å²) in [6.07, 6.45) is 2.09. The van der Waals surface area contributed by atoms with Gasteiger partial charge in [0, 0.05) is 17.6 Å². The minimum absolute atomic E-state index is 0. The molecule has 118 valence electrons. The SMILES string of the molecule is Cl.O=C(CS(=O)(=O)c1ccc(Cl)cc1)NCC1CCCN1. The van der Waals surface area contributed by atoms with Crippen molar-refractivity contribution in [2.24, 2.45) is 0 Å². The van der Waals surface area contributed by atoms with Gasteiger partial charge in [-0.25, -0.2) is 8.42 Å². The van der Waals surface area contributed by atoms with E-state index in [0.29, 0.717) is 11.6 Å². The lowest BCUT2D eigenvalue weighted by molar-refractivity contribution is -0.118. The number of carbonyl (C=O) groups is 1. The summed E-state index contributed by atoms with van der Waals surface area (Å²) >= 11 is 5.71. The zero-order chi connectivity index (χ0) is 14.6. The highest BCUT2D eigenvalue weighted by atomic mass is 35.5. The van der Waals surface area contributed by atoms with E-state index in [1.54, 1.807) is 0 Å². The second-order valence-corrected chi connectivity index (χ2v) is 7.24. The van der Waals surface area contributed by atoms with Crippen molar-refractivity contribution in [2.45, 2.75) is 23.8 Å². The second kappa shape index (κ2) is 7.98. The Morgan fingerprint density at radius 1 is 1.33 bits per heavy atom. The van der Waals surface area contributed by atoms with Crippen LogP contribution >= 0.6 is 24.0 Å². The first-order valence-electron chi connectivity index (χ1n) is 6.46. The van der Waals surface area contributed by atoms with Gasteiger partial charge in [0.05, 0.1) is 4.90 Å². The lowest BCUT2D eigenvalue weighted by atomic mass is 10.2. The summed E-state index contributed by atoms with van der Waals surface area (Å²) in [6.45, 7) is 1.42. The largest absolute Gasteiger partial charge is 0.354 e. The first-order chi connectivity index (χ1) is 9.47. The van der Waals surface area contributed by atoms with Gasteiger partial charge in [-0.15, -0.1) is 12.4 Å². The lowest BCUT2D eigenvalue weighted by Crippen LogP contribution is -2.39. The molecule has 0 radical (unpaired) electrons. The molecule has 1 saturated heterocycles. The molecular formula is C13H18Cl2N2O3S. The van der Waals surface area contributed by atoms with Crippen LogP contribution in [-0.2, 0) is 14.6 Å². The molecule has 0 spiro atoms. The predicted molar refractivity (Wildman–Crippen MR) is 84.8 cm³/mol. The van der Waals surface area contributed by atoms with Crippen LogP contribution in [0.25, 0.3) is 0 Å². The molecule has 0 bridgehead atoms. The molecule has 1 aliphatic rings. The average Bonchev–Trinajstić information content (AvgIpc) is 2.89. The van der Waals surface area contributed by atoms with E-state index in [1.165, 1.54) is 24.3 Å². The van der Waals surface area contributed by atoms with Gasteiger partial charge in [0.15, 0.2) is 9.84 Å². The summed E-state index contributed by atoms with van der Waals surface area (Å²) in [4.78, 5) is 11.8. The highest BCUT2D eigenvalue weighted by Gasteiger charge is 2.20. The van der Waals surface area contributed by atoms with Crippen molar-refractivity contribution >= 4 is 39.8 Å². The Bertz CT molecular complexity index is 570. The Morgan fingerprint density at radius 2 is 2.00 bits per heavy atom. The molecule has 2 N–H and O–H groups in total. The molecule has 1 aromatic carbocycles. The molecule has 1 unspecified atom stereocenters. The fourth-order valence-electron chi connectivity index (χ4n) is 2.12. The third-order valence-corrected chi connectivity index (χ3v) is 5.09. The van der Waals surface area contributed by atoms with Crippen LogP contribution in [0.2, 0.25) is 5.02 Å². The van der Waals surface area contributed by atoms with Gasteiger partial charge in [0.2, 0.25) is 5.91 Å². The van der Waals surface area contributed by atoms with Gasteiger partial charge in [0.25, 0.3) is 0 Å². The van der Waals surface area contributed by atoms with Crippen molar-refractivity contribution in [3.63, 3.8) is 0 Å². The molecule has 21 heavy (non-hydrogen) atoms. The molecule has 1 atom stereocenters. The van der Waals surface area contributed by atoms with Crippen LogP contribution < -0.4 is 10.6 Å². The van der Waals surface area contributed by atoms with Crippen molar-refractivity contribution in [3.8, 4) is 0 Å². The Morgan fingerprint density at radius 3 is 2.57 bits per heavy atom. The first-order valence-corrected chi connectivity index (χ1v) is 8.49. The van der Waals surface area contributed by atoms with Crippen LogP contribution in [0.1, 0.15) is 12.8 Å². The molecule has 1 aliphatic heterocycles. The highest BCUT2D eigenvalue weighted by Crippen LogP contribution is 2.15. The number of carbonyl (C=O) groups excluding carboxylic acids is 1.